The van der Waals surface area contributed by atoms with E-state index in [-0.39, 0.29) is 18.3 Å². The molecular formula is C18H23BN2O2. The SMILES string of the molecule is CC1(C)OB(c2cccc(-c3cnn(C4CC4)c3)c2)OC1(C)C. The smallest absolute Gasteiger partial charge is 0.399 e. The topological polar surface area (TPSA) is 36.3 Å². The second kappa shape index (κ2) is 4.95. The summed E-state index contributed by atoms with van der Waals surface area (Å²) in [5.74, 6) is 0. The van der Waals surface area contributed by atoms with Crippen LogP contribution in [0.1, 0.15) is 46.6 Å². The van der Waals surface area contributed by atoms with Gasteiger partial charge in [-0.2, -0.15) is 5.10 Å². The highest BCUT2D eigenvalue weighted by Crippen LogP contribution is 2.37. The first kappa shape index (κ1) is 15.0. The third-order valence-electron chi connectivity index (χ3n) is 5.27. The van der Waals surface area contributed by atoms with Crippen molar-refractivity contribution in [1.82, 2.24) is 9.78 Å². The molecule has 4 nitrogen and oxygen atoms in total. The predicted molar refractivity (Wildman–Crippen MR) is 91.7 cm³/mol. The molecule has 1 saturated heterocycles. The zero-order valence-corrected chi connectivity index (χ0v) is 14.2. The predicted octanol–water partition coefficient (Wildman–Crippen LogP) is 3.18. The molecule has 2 heterocycles. The van der Waals surface area contributed by atoms with E-state index in [1.54, 1.807) is 0 Å². The average molecular weight is 310 g/mol. The molecule has 0 radical (unpaired) electrons. The summed E-state index contributed by atoms with van der Waals surface area (Å²) in [7, 11) is -0.321. The van der Waals surface area contributed by atoms with Crippen molar-refractivity contribution >= 4 is 12.6 Å². The Balaban J connectivity index is 1.61. The van der Waals surface area contributed by atoms with Crippen molar-refractivity contribution in [3.05, 3.63) is 36.7 Å². The van der Waals surface area contributed by atoms with Crippen LogP contribution < -0.4 is 5.46 Å². The molecule has 2 fully saturated rings. The Morgan fingerprint density at radius 3 is 2.43 bits per heavy atom. The Hall–Kier alpha value is -1.59. The number of hydrogen-bond acceptors (Lipinski definition) is 3. The summed E-state index contributed by atoms with van der Waals surface area (Å²) in [6.07, 6.45) is 6.58. The molecule has 2 aromatic rings. The molecule has 1 aromatic heterocycles. The fraction of sp³-hybridized carbons (Fsp3) is 0.500. The largest absolute Gasteiger partial charge is 0.494 e. The van der Waals surface area contributed by atoms with Gasteiger partial charge in [-0.15, -0.1) is 0 Å². The van der Waals surface area contributed by atoms with Crippen molar-refractivity contribution in [2.45, 2.75) is 57.8 Å². The molecule has 0 N–H and O–H groups in total. The van der Waals surface area contributed by atoms with E-state index in [0.717, 1.165) is 16.6 Å². The molecule has 23 heavy (non-hydrogen) atoms. The molecule has 0 atom stereocenters. The number of hydrogen-bond donors (Lipinski definition) is 0. The van der Waals surface area contributed by atoms with Gasteiger partial charge in [-0.1, -0.05) is 24.3 Å². The van der Waals surface area contributed by atoms with E-state index in [1.807, 2.05) is 6.20 Å². The zero-order chi connectivity index (χ0) is 16.2. The maximum absolute atomic E-state index is 6.15. The van der Waals surface area contributed by atoms with E-state index < -0.39 is 0 Å². The normalized spacial score (nSPS) is 22.5. The van der Waals surface area contributed by atoms with E-state index in [1.165, 1.54) is 12.8 Å². The Kier molecular flexibility index (Phi) is 3.22. The highest BCUT2D eigenvalue weighted by atomic mass is 16.7. The highest BCUT2D eigenvalue weighted by molar-refractivity contribution is 6.62. The first-order valence-electron chi connectivity index (χ1n) is 8.36. The maximum atomic E-state index is 6.15. The van der Waals surface area contributed by atoms with Crippen molar-refractivity contribution in [2.75, 3.05) is 0 Å². The van der Waals surface area contributed by atoms with Crippen LogP contribution in [0.4, 0.5) is 0 Å². The van der Waals surface area contributed by atoms with Gasteiger partial charge in [0.1, 0.15) is 0 Å². The Morgan fingerprint density at radius 1 is 1.09 bits per heavy atom. The lowest BCUT2D eigenvalue weighted by Crippen LogP contribution is -2.41. The molecule has 4 rings (SSSR count). The number of aromatic nitrogens is 2. The van der Waals surface area contributed by atoms with Crippen LogP contribution in [-0.4, -0.2) is 28.1 Å². The van der Waals surface area contributed by atoms with Gasteiger partial charge >= 0.3 is 7.12 Å². The quantitative estimate of drug-likeness (QED) is 0.817. The summed E-state index contributed by atoms with van der Waals surface area (Å²) in [6, 6.07) is 9.00. The van der Waals surface area contributed by atoms with Gasteiger partial charge in [0.05, 0.1) is 23.4 Å². The van der Waals surface area contributed by atoms with Crippen LogP contribution in [0, 0.1) is 0 Å². The van der Waals surface area contributed by atoms with Gasteiger partial charge in [-0.05, 0) is 51.6 Å². The van der Waals surface area contributed by atoms with E-state index >= 15 is 0 Å². The summed E-state index contributed by atoms with van der Waals surface area (Å²) in [4.78, 5) is 0. The zero-order valence-electron chi connectivity index (χ0n) is 14.2. The fourth-order valence-electron chi connectivity index (χ4n) is 2.87. The molecular weight excluding hydrogens is 287 g/mol. The number of rotatable bonds is 3. The van der Waals surface area contributed by atoms with Crippen LogP contribution in [0.15, 0.2) is 36.7 Å². The minimum atomic E-state index is -0.321. The molecule has 1 saturated carbocycles. The monoisotopic (exact) mass is 310 g/mol. The molecule has 0 amide bonds. The van der Waals surface area contributed by atoms with Crippen LogP contribution >= 0.6 is 0 Å². The van der Waals surface area contributed by atoms with Crippen LogP contribution in [-0.2, 0) is 9.31 Å². The molecule has 0 unspecified atom stereocenters. The van der Waals surface area contributed by atoms with Gasteiger partial charge in [0.15, 0.2) is 0 Å². The maximum Gasteiger partial charge on any atom is 0.494 e. The van der Waals surface area contributed by atoms with Gasteiger partial charge < -0.3 is 9.31 Å². The summed E-state index contributed by atoms with van der Waals surface area (Å²) in [5, 5.41) is 4.48. The second-order valence-corrected chi connectivity index (χ2v) is 7.65. The van der Waals surface area contributed by atoms with E-state index in [0.29, 0.717) is 6.04 Å². The van der Waals surface area contributed by atoms with Crippen molar-refractivity contribution in [1.29, 1.82) is 0 Å². The molecule has 2 aliphatic rings. The first-order chi connectivity index (χ1) is 10.9. The van der Waals surface area contributed by atoms with Crippen LogP contribution in [0.25, 0.3) is 11.1 Å². The van der Waals surface area contributed by atoms with Crippen molar-refractivity contribution < 1.29 is 9.31 Å². The molecule has 120 valence electrons. The summed E-state index contributed by atoms with van der Waals surface area (Å²) in [6.45, 7) is 8.32. The van der Waals surface area contributed by atoms with Gasteiger partial charge in [-0.3, -0.25) is 4.68 Å². The van der Waals surface area contributed by atoms with Crippen LogP contribution in [0.3, 0.4) is 0 Å². The van der Waals surface area contributed by atoms with Gasteiger partial charge in [0, 0.05) is 11.8 Å². The second-order valence-electron chi connectivity index (χ2n) is 7.65. The van der Waals surface area contributed by atoms with Gasteiger partial charge in [0.2, 0.25) is 0 Å². The minimum Gasteiger partial charge on any atom is -0.399 e. The highest BCUT2D eigenvalue weighted by Gasteiger charge is 2.51. The van der Waals surface area contributed by atoms with Crippen molar-refractivity contribution in [3.63, 3.8) is 0 Å². The summed E-state index contributed by atoms with van der Waals surface area (Å²) in [5.41, 5.74) is 2.73. The summed E-state index contributed by atoms with van der Waals surface area (Å²) < 4.78 is 14.4. The van der Waals surface area contributed by atoms with Gasteiger partial charge in [-0.25, -0.2) is 0 Å². The lowest BCUT2D eigenvalue weighted by atomic mass is 9.78. The van der Waals surface area contributed by atoms with Crippen molar-refractivity contribution in [3.8, 4) is 11.1 Å². The third-order valence-corrected chi connectivity index (χ3v) is 5.27. The Labute approximate surface area is 137 Å². The first-order valence-corrected chi connectivity index (χ1v) is 8.36. The van der Waals surface area contributed by atoms with E-state index in [2.05, 4.69) is 67.9 Å². The lowest BCUT2D eigenvalue weighted by molar-refractivity contribution is 0.00578. The fourth-order valence-corrected chi connectivity index (χ4v) is 2.87. The van der Waals surface area contributed by atoms with Crippen LogP contribution in [0.2, 0.25) is 0 Å². The molecule has 1 aliphatic carbocycles. The average Bonchev–Trinajstić information content (AvgIpc) is 3.18. The minimum absolute atomic E-state index is 0.315. The van der Waals surface area contributed by atoms with Gasteiger partial charge in [0.25, 0.3) is 0 Å². The molecule has 0 spiro atoms. The number of benzene rings is 1. The van der Waals surface area contributed by atoms with Crippen LogP contribution in [0.5, 0.6) is 0 Å². The third kappa shape index (κ3) is 2.62. The Bertz CT molecular complexity index is 718. The van der Waals surface area contributed by atoms with E-state index in [4.69, 9.17) is 9.31 Å². The molecule has 1 aliphatic heterocycles. The standard InChI is InChI=1S/C18H23BN2O2/c1-17(2)18(3,4)23-19(22-17)15-7-5-6-13(10-15)14-11-20-21(12-14)16-8-9-16/h5-7,10-12,16H,8-9H2,1-4H3. The molecule has 1 aromatic carbocycles. The molecule has 0 bridgehead atoms. The Morgan fingerprint density at radius 2 is 1.78 bits per heavy atom. The lowest BCUT2D eigenvalue weighted by Gasteiger charge is -2.32. The van der Waals surface area contributed by atoms with Crippen molar-refractivity contribution in [2.24, 2.45) is 0 Å². The molecule has 5 heteroatoms. The number of nitrogens with zero attached hydrogens (tertiary/aromatic N) is 2. The van der Waals surface area contributed by atoms with E-state index in [9.17, 15) is 0 Å². The summed E-state index contributed by atoms with van der Waals surface area (Å²) >= 11 is 0.